The molecule has 0 spiro atoms. The molecule has 0 bridgehead atoms. The van der Waals surface area contributed by atoms with Gasteiger partial charge in [-0.25, -0.2) is 0 Å². The van der Waals surface area contributed by atoms with Gasteiger partial charge in [-0.2, -0.15) is 18.1 Å². The molecule has 0 aliphatic carbocycles. The normalized spacial score (nSPS) is 13.5. The van der Waals surface area contributed by atoms with Crippen molar-refractivity contribution >= 4 is 0 Å². The first kappa shape index (κ1) is 12.7. The van der Waals surface area contributed by atoms with Crippen LogP contribution in [-0.4, -0.2) is 0 Å². The maximum Gasteiger partial charge on any atom is 0.416 e. The highest BCUT2D eigenvalue weighted by atomic mass is 19.4. The molecule has 1 aromatic rings. The predicted molar refractivity (Wildman–Crippen MR) is 54.9 cm³/mol. The number of halogens is 3. The summed E-state index contributed by atoms with van der Waals surface area (Å²) in [5.74, 6) is 0. The zero-order chi connectivity index (χ0) is 12.2. The molecule has 0 aromatic heterocycles. The number of nitroso groups, excluding NO2 is 1. The van der Waals surface area contributed by atoms with Crippen molar-refractivity contribution in [3.8, 4) is 0 Å². The number of alkyl halides is 3. The molecular formula is C11H12F3NO. The molecule has 0 radical (unpaired) electrons. The van der Waals surface area contributed by atoms with Crippen LogP contribution < -0.4 is 0 Å². The van der Waals surface area contributed by atoms with Gasteiger partial charge in [0.25, 0.3) is 0 Å². The van der Waals surface area contributed by atoms with Crippen molar-refractivity contribution in [1.82, 2.24) is 0 Å². The van der Waals surface area contributed by atoms with Gasteiger partial charge in [0.15, 0.2) is 0 Å². The third-order valence-corrected chi connectivity index (χ3v) is 2.29. The molecule has 5 heteroatoms. The van der Waals surface area contributed by atoms with E-state index in [1.807, 2.05) is 6.92 Å². The second kappa shape index (κ2) is 5.09. The molecule has 1 rings (SSSR count). The Morgan fingerprint density at radius 3 is 2.56 bits per heavy atom. The van der Waals surface area contributed by atoms with Crippen molar-refractivity contribution in [2.45, 2.75) is 32.0 Å². The molecule has 0 amide bonds. The van der Waals surface area contributed by atoms with Crippen molar-refractivity contribution in [3.63, 3.8) is 0 Å². The minimum Gasteiger partial charge on any atom is -0.166 e. The largest absolute Gasteiger partial charge is 0.416 e. The summed E-state index contributed by atoms with van der Waals surface area (Å²) in [4.78, 5) is 10.5. The van der Waals surface area contributed by atoms with E-state index in [0.717, 1.165) is 12.1 Å². The first-order valence-electron chi connectivity index (χ1n) is 4.98. The highest BCUT2D eigenvalue weighted by Crippen LogP contribution is 2.32. The lowest BCUT2D eigenvalue weighted by Gasteiger charge is -2.11. The fourth-order valence-corrected chi connectivity index (χ4v) is 1.48. The Labute approximate surface area is 91.4 Å². The molecule has 1 atom stereocenters. The lowest BCUT2D eigenvalue weighted by atomic mass is 10.0. The van der Waals surface area contributed by atoms with Crippen molar-refractivity contribution in [2.75, 3.05) is 0 Å². The van der Waals surface area contributed by atoms with Crippen molar-refractivity contribution in [2.24, 2.45) is 5.18 Å². The molecule has 1 unspecified atom stereocenters. The standard InChI is InChI=1S/C11H12F3NO/c1-2-4-10(15-16)8-5-3-6-9(7-8)11(12,13)14/h3,5-7,10H,2,4H2,1H3. The van der Waals surface area contributed by atoms with E-state index in [9.17, 15) is 18.1 Å². The smallest absolute Gasteiger partial charge is 0.166 e. The maximum absolute atomic E-state index is 12.4. The minimum atomic E-state index is -4.38. The van der Waals surface area contributed by atoms with Crippen LogP contribution in [0.25, 0.3) is 0 Å². The van der Waals surface area contributed by atoms with Gasteiger partial charge in [-0.1, -0.05) is 30.7 Å². The van der Waals surface area contributed by atoms with E-state index < -0.39 is 17.8 Å². The Morgan fingerprint density at radius 1 is 1.38 bits per heavy atom. The van der Waals surface area contributed by atoms with Gasteiger partial charge in [-0.15, -0.1) is 0 Å². The lowest BCUT2D eigenvalue weighted by Crippen LogP contribution is -2.06. The molecule has 0 saturated carbocycles. The van der Waals surface area contributed by atoms with Gasteiger partial charge in [-0.3, -0.25) is 0 Å². The topological polar surface area (TPSA) is 29.4 Å². The van der Waals surface area contributed by atoms with Gasteiger partial charge in [0, 0.05) is 0 Å². The predicted octanol–water partition coefficient (Wildman–Crippen LogP) is 4.31. The molecule has 0 heterocycles. The van der Waals surface area contributed by atoms with Crippen LogP contribution >= 0.6 is 0 Å². The number of rotatable bonds is 4. The summed E-state index contributed by atoms with van der Waals surface area (Å²) in [6.07, 6.45) is -3.22. The highest BCUT2D eigenvalue weighted by Gasteiger charge is 2.30. The van der Waals surface area contributed by atoms with E-state index in [4.69, 9.17) is 0 Å². The average molecular weight is 231 g/mol. The Kier molecular flexibility index (Phi) is 4.04. The summed E-state index contributed by atoms with van der Waals surface area (Å²) in [5.41, 5.74) is -0.415. The molecule has 2 nitrogen and oxygen atoms in total. The minimum absolute atomic E-state index is 0.326. The second-order valence-corrected chi connectivity index (χ2v) is 3.53. The molecule has 16 heavy (non-hydrogen) atoms. The Morgan fingerprint density at radius 2 is 2.06 bits per heavy atom. The number of nitrogens with zero attached hydrogens (tertiary/aromatic N) is 1. The first-order valence-corrected chi connectivity index (χ1v) is 4.98. The zero-order valence-electron chi connectivity index (χ0n) is 8.79. The second-order valence-electron chi connectivity index (χ2n) is 3.53. The lowest BCUT2D eigenvalue weighted by molar-refractivity contribution is -0.137. The summed E-state index contributed by atoms with van der Waals surface area (Å²) in [5, 5.41) is 2.85. The molecule has 88 valence electrons. The summed E-state index contributed by atoms with van der Waals surface area (Å²) < 4.78 is 37.2. The molecular weight excluding hydrogens is 219 g/mol. The Hall–Kier alpha value is -1.39. The monoisotopic (exact) mass is 231 g/mol. The van der Waals surface area contributed by atoms with Gasteiger partial charge in [0.1, 0.15) is 6.04 Å². The fourth-order valence-electron chi connectivity index (χ4n) is 1.48. The van der Waals surface area contributed by atoms with Gasteiger partial charge in [0.05, 0.1) is 5.56 Å². The van der Waals surface area contributed by atoms with Crippen LogP contribution in [0.4, 0.5) is 13.2 Å². The third kappa shape index (κ3) is 3.05. The number of hydrogen-bond acceptors (Lipinski definition) is 2. The SMILES string of the molecule is CCCC(N=O)c1cccc(C(F)(F)F)c1. The molecule has 0 saturated heterocycles. The van der Waals surface area contributed by atoms with E-state index in [1.54, 1.807) is 0 Å². The average Bonchev–Trinajstić information content (AvgIpc) is 2.25. The highest BCUT2D eigenvalue weighted by molar-refractivity contribution is 5.28. The van der Waals surface area contributed by atoms with Crippen LogP contribution in [0.1, 0.15) is 36.9 Å². The molecule has 0 N–H and O–H groups in total. The van der Waals surface area contributed by atoms with Crippen LogP contribution in [0.15, 0.2) is 29.4 Å². The number of benzene rings is 1. The van der Waals surface area contributed by atoms with E-state index in [1.165, 1.54) is 12.1 Å². The van der Waals surface area contributed by atoms with Crippen molar-refractivity contribution in [1.29, 1.82) is 0 Å². The fraction of sp³-hybridized carbons (Fsp3) is 0.455. The zero-order valence-corrected chi connectivity index (χ0v) is 8.79. The van der Waals surface area contributed by atoms with Crippen molar-refractivity contribution in [3.05, 3.63) is 40.3 Å². The van der Waals surface area contributed by atoms with Crippen LogP contribution in [0.3, 0.4) is 0 Å². The van der Waals surface area contributed by atoms with E-state index in [2.05, 4.69) is 5.18 Å². The van der Waals surface area contributed by atoms with E-state index in [-0.39, 0.29) is 0 Å². The summed E-state index contributed by atoms with van der Waals surface area (Å²) in [6, 6.07) is 4.08. The molecule has 0 fully saturated rings. The van der Waals surface area contributed by atoms with Crippen molar-refractivity contribution < 1.29 is 13.2 Å². The van der Waals surface area contributed by atoms with Gasteiger partial charge in [0.2, 0.25) is 0 Å². The molecule has 0 aliphatic heterocycles. The summed E-state index contributed by atoms with van der Waals surface area (Å²) in [6.45, 7) is 1.85. The Bertz CT molecular complexity index is 362. The number of hydrogen-bond donors (Lipinski definition) is 0. The quantitative estimate of drug-likeness (QED) is 0.710. The van der Waals surface area contributed by atoms with E-state index >= 15 is 0 Å². The first-order chi connectivity index (χ1) is 7.49. The van der Waals surface area contributed by atoms with Crippen LogP contribution in [-0.2, 0) is 6.18 Å². The van der Waals surface area contributed by atoms with E-state index in [0.29, 0.717) is 18.4 Å². The molecule has 1 aromatic carbocycles. The van der Waals surface area contributed by atoms with Crippen LogP contribution in [0.5, 0.6) is 0 Å². The van der Waals surface area contributed by atoms with Gasteiger partial charge >= 0.3 is 6.18 Å². The summed E-state index contributed by atoms with van der Waals surface area (Å²) in [7, 11) is 0. The molecule has 0 aliphatic rings. The van der Waals surface area contributed by atoms with Gasteiger partial charge < -0.3 is 0 Å². The van der Waals surface area contributed by atoms with Gasteiger partial charge in [-0.05, 0) is 24.1 Å². The van der Waals surface area contributed by atoms with Crippen LogP contribution in [0, 0.1) is 4.91 Å². The maximum atomic E-state index is 12.4. The third-order valence-electron chi connectivity index (χ3n) is 2.29. The Balaban J connectivity index is 3.01. The summed E-state index contributed by atoms with van der Waals surface area (Å²) >= 11 is 0. The van der Waals surface area contributed by atoms with Crippen LogP contribution in [0.2, 0.25) is 0 Å².